The maximum Gasteiger partial charge on any atom is 0.418 e. The van der Waals surface area contributed by atoms with Gasteiger partial charge in [-0.1, -0.05) is 38.1 Å². The summed E-state index contributed by atoms with van der Waals surface area (Å²) in [6, 6.07) is 12.7. The third-order valence-corrected chi connectivity index (χ3v) is 5.70. The van der Waals surface area contributed by atoms with E-state index in [1.165, 1.54) is 16.8 Å². The molecule has 5 nitrogen and oxygen atoms in total. The zero-order chi connectivity index (χ0) is 22.4. The molecule has 8 heteroatoms. The Bertz CT molecular complexity index is 1190. The van der Waals surface area contributed by atoms with E-state index in [4.69, 9.17) is 9.47 Å². The van der Waals surface area contributed by atoms with Crippen LogP contribution >= 0.6 is 0 Å². The average molecular weight is 433 g/mol. The molecular weight excluding hydrogens is 411 g/mol. The van der Waals surface area contributed by atoms with Crippen molar-refractivity contribution in [3.05, 3.63) is 70.5 Å². The molecule has 0 saturated heterocycles. The van der Waals surface area contributed by atoms with E-state index >= 15 is 0 Å². The summed E-state index contributed by atoms with van der Waals surface area (Å²) in [7, 11) is 0. The van der Waals surface area contributed by atoms with Crippen molar-refractivity contribution in [3.63, 3.8) is 0 Å². The summed E-state index contributed by atoms with van der Waals surface area (Å²) in [5.74, 6) is 0.860. The standard InChI is InChI=1S/C23H22F3NO4/c1-21(2,16-7-5-9-19-20(16)31-14-30-19)12-22(29,23(24,25)26)13-27-11-10-18(28)15-6-3-4-8-17(15)27/h3-11,29H,12-14H2,1-2H3. The Hall–Kier alpha value is -3.00. The fourth-order valence-electron chi connectivity index (χ4n) is 4.22. The molecule has 164 valence electrons. The van der Waals surface area contributed by atoms with Gasteiger partial charge in [0.1, 0.15) is 0 Å². The fraction of sp³-hybridized carbons (Fsp3) is 0.348. The molecule has 31 heavy (non-hydrogen) atoms. The van der Waals surface area contributed by atoms with Crippen LogP contribution in [-0.4, -0.2) is 28.2 Å². The predicted octanol–water partition coefficient (Wildman–Crippen LogP) is 4.39. The first-order valence-electron chi connectivity index (χ1n) is 9.78. The molecule has 0 saturated carbocycles. The van der Waals surface area contributed by atoms with Gasteiger partial charge in [0.25, 0.3) is 0 Å². The maximum absolute atomic E-state index is 14.2. The molecule has 0 spiro atoms. The zero-order valence-electron chi connectivity index (χ0n) is 17.1. The Labute approximate surface area is 176 Å². The summed E-state index contributed by atoms with van der Waals surface area (Å²) < 4.78 is 54.7. The number of ether oxygens (including phenoxy) is 2. The maximum atomic E-state index is 14.2. The van der Waals surface area contributed by atoms with Crippen LogP contribution < -0.4 is 14.9 Å². The lowest BCUT2D eigenvalue weighted by Crippen LogP contribution is -2.52. The van der Waals surface area contributed by atoms with Crippen molar-refractivity contribution in [1.82, 2.24) is 4.57 Å². The first-order chi connectivity index (χ1) is 14.5. The highest BCUT2D eigenvalue weighted by molar-refractivity contribution is 5.78. The van der Waals surface area contributed by atoms with Crippen molar-refractivity contribution < 1.29 is 27.8 Å². The zero-order valence-corrected chi connectivity index (χ0v) is 17.1. The Morgan fingerprint density at radius 3 is 2.52 bits per heavy atom. The largest absolute Gasteiger partial charge is 0.454 e. The lowest BCUT2D eigenvalue weighted by Gasteiger charge is -2.38. The molecule has 1 aliphatic rings. The number of nitrogens with zero attached hydrogens (tertiary/aromatic N) is 1. The van der Waals surface area contributed by atoms with Gasteiger partial charge in [0.15, 0.2) is 22.5 Å². The van der Waals surface area contributed by atoms with E-state index in [1.807, 2.05) is 0 Å². The minimum Gasteiger partial charge on any atom is -0.454 e. The summed E-state index contributed by atoms with van der Waals surface area (Å²) in [5, 5.41) is 11.3. The fourth-order valence-corrected chi connectivity index (χ4v) is 4.22. The van der Waals surface area contributed by atoms with Gasteiger partial charge in [0.2, 0.25) is 6.79 Å². The van der Waals surface area contributed by atoms with Crippen LogP contribution in [-0.2, 0) is 12.0 Å². The van der Waals surface area contributed by atoms with Crippen molar-refractivity contribution in [2.45, 2.75) is 44.0 Å². The molecule has 1 atom stereocenters. The number of fused-ring (bicyclic) bond motifs is 2. The smallest absolute Gasteiger partial charge is 0.418 e. The molecule has 0 radical (unpaired) electrons. The number of alkyl halides is 3. The van der Waals surface area contributed by atoms with E-state index in [9.17, 15) is 23.1 Å². The highest BCUT2D eigenvalue weighted by Gasteiger charge is 2.56. The molecule has 3 aromatic rings. The molecule has 0 fully saturated rings. The van der Waals surface area contributed by atoms with Crippen molar-refractivity contribution in [2.24, 2.45) is 0 Å². The first-order valence-corrected chi connectivity index (χ1v) is 9.78. The Morgan fingerprint density at radius 1 is 1.03 bits per heavy atom. The van der Waals surface area contributed by atoms with E-state index in [2.05, 4.69) is 0 Å². The number of rotatable bonds is 5. The summed E-state index contributed by atoms with van der Waals surface area (Å²) in [4.78, 5) is 12.1. The minimum atomic E-state index is -4.91. The van der Waals surface area contributed by atoms with Gasteiger partial charge in [-0.05, 0) is 30.0 Å². The van der Waals surface area contributed by atoms with Gasteiger partial charge in [-0.15, -0.1) is 0 Å². The number of benzene rings is 2. The quantitative estimate of drug-likeness (QED) is 0.648. The van der Waals surface area contributed by atoms with Crippen LogP contribution in [0.15, 0.2) is 59.5 Å². The van der Waals surface area contributed by atoms with E-state index in [1.54, 1.807) is 56.3 Å². The number of halogens is 3. The van der Waals surface area contributed by atoms with Crippen LogP contribution in [0, 0.1) is 0 Å². The van der Waals surface area contributed by atoms with Crippen LogP contribution in [0.5, 0.6) is 11.5 Å². The van der Waals surface area contributed by atoms with Crippen LogP contribution in [0.25, 0.3) is 10.9 Å². The van der Waals surface area contributed by atoms with Crippen LogP contribution in [0.1, 0.15) is 25.8 Å². The summed E-state index contributed by atoms with van der Waals surface area (Å²) in [6.45, 7) is 2.50. The second-order valence-corrected chi connectivity index (χ2v) is 8.45. The second-order valence-electron chi connectivity index (χ2n) is 8.45. The van der Waals surface area contributed by atoms with E-state index < -0.39 is 30.2 Å². The molecule has 4 rings (SSSR count). The number of hydrogen-bond donors (Lipinski definition) is 1. The van der Waals surface area contributed by atoms with Gasteiger partial charge in [0, 0.05) is 23.2 Å². The molecule has 2 aromatic carbocycles. The highest BCUT2D eigenvalue weighted by Crippen LogP contribution is 2.47. The Kier molecular flexibility index (Phi) is 5.00. The first kappa shape index (κ1) is 21.2. The normalized spacial score (nSPS) is 15.8. The third-order valence-electron chi connectivity index (χ3n) is 5.70. The summed E-state index contributed by atoms with van der Waals surface area (Å²) in [5.41, 5.74) is -3.60. The van der Waals surface area contributed by atoms with Crippen molar-refractivity contribution in [2.75, 3.05) is 6.79 Å². The molecule has 0 bridgehead atoms. The molecule has 0 aliphatic carbocycles. The molecule has 1 aliphatic heterocycles. The molecule has 1 unspecified atom stereocenters. The summed E-state index contributed by atoms with van der Waals surface area (Å²) in [6.07, 6.45) is -4.25. The SMILES string of the molecule is CC(C)(CC(O)(Cn1ccc(=O)c2ccccc21)C(F)(F)F)c1cccc2c1OCO2. The highest BCUT2D eigenvalue weighted by atomic mass is 19.4. The predicted molar refractivity (Wildman–Crippen MR) is 109 cm³/mol. The Morgan fingerprint density at radius 2 is 1.77 bits per heavy atom. The number of aromatic nitrogens is 1. The van der Waals surface area contributed by atoms with Crippen molar-refractivity contribution in [1.29, 1.82) is 0 Å². The monoisotopic (exact) mass is 433 g/mol. The van der Waals surface area contributed by atoms with Gasteiger partial charge in [-0.2, -0.15) is 13.2 Å². The number of para-hydroxylation sites is 2. The van der Waals surface area contributed by atoms with Crippen LogP contribution in [0.3, 0.4) is 0 Å². The number of hydrogen-bond acceptors (Lipinski definition) is 4. The molecule has 1 N–H and O–H groups in total. The van der Waals surface area contributed by atoms with E-state index in [0.29, 0.717) is 28.0 Å². The Balaban J connectivity index is 1.76. The van der Waals surface area contributed by atoms with Gasteiger partial charge in [-0.25, -0.2) is 0 Å². The number of pyridine rings is 1. The number of aliphatic hydroxyl groups is 1. The van der Waals surface area contributed by atoms with Crippen molar-refractivity contribution in [3.8, 4) is 11.5 Å². The van der Waals surface area contributed by atoms with Crippen molar-refractivity contribution >= 4 is 10.9 Å². The van der Waals surface area contributed by atoms with Crippen LogP contribution in [0.2, 0.25) is 0 Å². The van der Waals surface area contributed by atoms with Gasteiger partial charge >= 0.3 is 6.18 Å². The second kappa shape index (κ2) is 7.30. The molecule has 1 aromatic heterocycles. The van der Waals surface area contributed by atoms with Crippen LogP contribution in [0.4, 0.5) is 13.2 Å². The molecular formula is C23H22F3NO4. The summed E-state index contributed by atoms with van der Waals surface area (Å²) >= 11 is 0. The lowest BCUT2D eigenvalue weighted by atomic mass is 9.74. The van der Waals surface area contributed by atoms with Gasteiger partial charge in [-0.3, -0.25) is 4.79 Å². The minimum absolute atomic E-state index is 0.00461. The lowest BCUT2D eigenvalue weighted by molar-refractivity contribution is -0.271. The van der Waals surface area contributed by atoms with E-state index in [0.717, 1.165) is 0 Å². The van der Waals surface area contributed by atoms with Gasteiger partial charge < -0.3 is 19.1 Å². The average Bonchev–Trinajstić information content (AvgIpc) is 3.18. The molecule has 0 amide bonds. The topological polar surface area (TPSA) is 60.7 Å². The van der Waals surface area contributed by atoms with E-state index in [-0.39, 0.29) is 12.2 Å². The third kappa shape index (κ3) is 3.76. The van der Waals surface area contributed by atoms with Gasteiger partial charge in [0.05, 0.1) is 12.1 Å². The molecule has 2 heterocycles.